The number of nitrogens with zero attached hydrogens (tertiary/aromatic N) is 1. The van der Waals surface area contributed by atoms with Crippen molar-refractivity contribution in [3.8, 4) is 11.5 Å². The van der Waals surface area contributed by atoms with Gasteiger partial charge in [-0.3, -0.25) is 4.79 Å². The standard InChI is InChI=1S/C21H23NO3/c1-15(23)25-17-10-11-21-20(13-17)19(9-6-12-22(2)3)18-8-5-4-7-16(18)14-24-21/h4-5,7-11,13H,6,12,14H2,1-3H3/b19-9-. The van der Waals surface area contributed by atoms with Gasteiger partial charge in [-0.05, 0) is 55.4 Å². The Hall–Kier alpha value is -2.59. The molecule has 2 aromatic carbocycles. The number of hydrogen-bond acceptors (Lipinski definition) is 4. The first kappa shape index (κ1) is 17.2. The number of hydrogen-bond donors (Lipinski definition) is 0. The van der Waals surface area contributed by atoms with Crippen molar-refractivity contribution in [2.75, 3.05) is 20.6 Å². The molecule has 1 aliphatic rings. The molecule has 0 bridgehead atoms. The molecule has 0 fully saturated rings. The van der Waals surface area contributed by atoms with Crippen molar-refractivity contribution in [2.24, 2.45) is 0 Å². The summed E-state index contributed by atoms with van der Waals surface area (Å²) in [7, 11) is 4.13. The highest BCUT2D eigenvalue weighted by atomic mass is 16.5. The predicted octanol–water partition coefficient (Wildman–Crippen LogP) is 3.89. The van der Waals surface area contributed by atoms with E-state index in [1.54, 1.807) is 6.07 Å². The molecular formula is C21H23NO3. The number of esters is 1. The SMILES string of the molecule is CC(=O)Oc1ccc2c(c1)/C(=C\CCN(C)C)c1ccccc1CO2. The maximum absolute atomic E-state index is 11.3. The molecule has 2 aromatic rings. The molecule has 0 N–H and O–H groups in total. The van der Waals surface area contributed by atoms with E-state index in [0.29, 0.717) is 12.4 Å². The summed E-state index contributed by atoms with van der Waals surface area (Å²) in [6.45, 7) is 2.90. The Morgan fingerprint density at radius 3 is 2.76 bits per heavy atom. The van der Waals surface area contributed by atoms with Crippen LogP contribution in [0.3, 0.4) is 0 Å². The van der Waals surface area contributed by atoms with Gasteiger partial charge in [0.2, 0.25) is 0 Å². The van der Waals surface area contributed by atoms with Crippen LogP contribution in [0.5, 0.6) is 11.5 Å². The highest BCUT2D eigenvalue weighted by Gasteiger charge is 2.19. The van der Waals surface area contributed by atoms with Crippen LogP contribution in [0, 0.1) is 0 Å². The summed E-state index contributed by atoms with van der Waals surface area (Å²) >= 11 is 0. The topological polar surface area (TPSA) is 38.8 Å². The van der Waals surface area contributed by atoms with Crippen LogP contribution in [0.2, 0.25) is 0 Å². The summed E-state index contributed by atoms with van der Waals surface area (Å²) in [5.41, 5.74) is 4.41. The number of fused-ring (bicyclic) bond motifs is 2. The Labute approximate surface area is 148 Å². The first-order chi connectivity index (χ1) is 12.0. The maximum atomic E-state index is 11.3. The van der Waals surface area contributed by atoms with Crippen molar-refractivity contribution >= 4 is 11.5 Å². The fraction of sp³-hybridized carbons (Fsp3) is 0.286. The van der Waals surface area contributed by atoms with Crippen molar-refractivity contribution < 1.29 is 14.3 Å². The monoisotopic (exact) mass is 337 g/mol. The van der Waals surface area contributed by atoms with Crippen molar-refractivity contribution in [3.63, 3.8) is 0 Å². The van der Waals surface area contributed by atoms with Crippen molar-refractivity contribution in [1.82, 2.24) is 4.90 Å². The first-order valence-electron chi connectivity index (χ1n) is 8.43. The zero-order valence-electron chi connectivity index (χ0n) is 14.9. The van der Waals surface area contributed by atoms with E-state index in [-0.39, 0.29) is 5.97 Å². The van der Waals surface area contributed by atoms with Crippen molar-refractivity contribution in [2.45, 2.75) is 20.0 Å². The minimum absolute atomic E-state index is 0.326. The van der Waals surface area contributed by atoms with Crippen LogP contribution in [-0.2, 0) is 11.4 Å². The van der Waals surface area contributed by atoms with E-state index in [9.17, 15) is 4.79 Å². The Morgan fingerprint density at radius 2 is 2.00 bits per heavy atom. The molecule has 0 unspecified atom stereocenters. The third-order valence-electron chi connectivity index (χ3n) is 4.12. The van der Waals surface area contributed by atoms with Gasteiger partial charge >= 0.3 is 5.97 Å². The number of carbonyl (C=O) groups is 1. The van der Waals surface area contributed by atoms with E-state index in [1.807, 2.05) is 24.3 Å². The van der Waals surface area contributed by atoms with E-state index in [2.05, 4.69) is 37.2 Å². The molecule has 130 valence electrons. The lowest BCUT2D eigenvalue weighted by atomic mass is 9.93. The Morgan fingerprint density at radius 1 is 1.20 bits per heavy atom. The summed E-state index contributed by atoms with van der Waals surface area (Å²) in [4.78, 5) is 13.5. The van der Waals surface area contributed by atoms with Gasteiger partial charge < -0.3 is 14.4 Å². The van der Waals surface area contributed by atoms with E-state index in [0.717, 1.165) is 35.4 Å². The molecule has 0 aliphatic carbocycles. The molecule has 0 aromatic heterocycles. The van der Waals surface area contributed by atoms with Crippen LogP contribution >= 0.6 is 0 Å². The van der Waals surface area contributed by atoms with Gasteiger partial charge in [-0.2, -0.15) is 0 Å². The predicted molar refractivity (Wildman–Crippen MR) is 98.8 cm³/mol. The number of ether oxygens (including phenoxy) is 2. The molecule has 1 aliphatic heterocycles. The van der Waals surface area contributed by atoms with E-state index in [1.165, 1.54) is 12.5 Å². The average Bonchev–Trinajstić information content (AvgIpc) is 2.72. The normalized spacial score (nSPS) is 14.5. The zero-order valence-corrected chi connectivity index (χ0v) is 14.9. The third-order valence-corrected chi connectivity index (χ3v) is 4.12. The van der Waals surface area contributed by atoms with Crippen LogP contribution in [0.15, 0.2) is 48.5 Å². The number of benzene rings is 2. The largest absolute Gasteiger partial charge is 0.488 e. The summed E-state index contributed by atoms with van der Waals surface area (Å²) in [6.07, 6.45) is 3.16. The smallest absolute Gasteiger partial charge is 0.308 e. The second-order valence-corrected chi connectivity index (χ2v) is 6.41. The summed E-state index contributed by atoms with van der Waals surface area (Å²) in [5.74, 6) is 1.02. The zero-order chi connectivity index (χ0) is 17.8. The molecule has 0 atom stereocenters. The number of rotatable bonds is 4. The van der Waals surface area contributed by atoms with Gasteiger partial charge in [0.15, 0.2) is 0 Å². The summed E-state index contributed by atoms with van der Waals surface area (Å²) in [5, 5.41) is 0. The van der Waals surface area contributed by atoms with Gasteiger partial charge in [0.25, 0.3) is 0 Å². The maximum Gasteiger partial charge on any atom is 0.308 e. The Bertz CT molecular complexity index is 809. The minimum atomic E-state index is -0.326. The summed E-state index contributed by atoms with van der Waals surface area (Å²) < 4.78 is 11.3. The molecule has 4 heteroatoms. The van der Waals surface area contributed by atoms with E-state index >= 15 is 0 Å². The van der Waals surface area contributed by atoms with Gasteiger partial charge in [0.05, 0.1) is 0 Å². The van der Waals surface area contributed by atoms with Crippen molar-refractivity contribution in [3.05, 3.63) is 65.2 Å². The second-order valence-electron chi connectivity index (χ2n) is 6.41. The molecular weight excluding hydrogens is 314 g/mol. The molecule has 25 heavy (non-hydrogen) atoms. The Kier molecular flexibility index (Phi) is 5.19. The molecule has 0 amide bonds. The molecule has 1 heterocycles. The lowest BCUT2D eigenvalue weighted by Crippen LogP contribution is -2.12. The van der Waals surface area contributed by atoms with E-state index in [4.69, 9.17) is 9.47 Å². The van der Waals surface area contributed by atoms with Gasteiger partial charge in [0.1, 0.15) is 18.1 Å². The molecule has 0 spiro atoms. The third kappa shape index (κ3) is 4.09. The summed E-state index contributed by atoms with van der Waals surface area (Å²) in [6, 6.07) is 13.8. The van der Waals surface area contributed by atoms with Crippen LogP contribution in [0.4, 0.5) is 0 Å². The van der Waals surface area contributed by atoms with E-state index < -0.39 is 0 Å². The van der Waals surface area contributed by atoms with Gasteiger partial charge in [0, 0.05) is 19.0 Å². The average molecular weight is 337 g/mol. The lowest BCUT2D eigenvalue weighted by Gasteiger charge is -2.13. The quantitative estimate of drug-likeness (QED) is 0.627. The van der Waals surface area contributed by atoms with Crippen LogP contribution in [-0.4, -0.2) is 31.5 Å². The van der Waals surface area contributed by atoms with Crippen LogP contribution < -0.4 is 9.47 Å². The second kappa shape index (κ2) is 7.53. The first-order valence-corrected chi connectivity index (χ1v) is 8.43. The van der Waals surface area contributed by atoms with Crippen LogP contribution in [0.1, 0.15) is 30.0 Å². The molecule has 3 rings (SSSR count). The molecule has 0 saturated heterocycles. The Balaban J connectivity index is 2.08. The van der Waals surface area contributed by atoms with Gasteiger partial charge in [-0.25, -0.2) is 0 Å². The highest BCUT2D eigenvalue weighted by Crippen LogP contribution is 2.38. The van der Waals surface area contributed by atoms with Crippen molar-refractivity contribution in [1.29, 1.82) is 0 Å². The number of carbonyl (C=O) groups excluding carboxylic acids is 1. The van der Waals surface area contributed by atoms with Gasteiger partial charge in [-0.1, -0.05) is 30.3 Å². The fourth-order valence-corrected chi connectivity index (χ4v) is 2.97. The molecule has 0 radical (unpaired) electrons. The molecule has 4 nitrogen and oxygen atoms in total. The minimum Gasteiger partial charge on any atom is -0.488 e. The van der Waals surface area contributed by atoms with Gasteiger partial charge in [-0.15, -0.1) is 0 Å². The highest BCUT2D eigenvalue weighted by molar-refractivity contribution is 5.85. The van der Waals surface area contributed by atoms with Crippen LogP contribution in [0.25, 0.3) is 5.57 Å². The lowest BCUT2D eigenvalue weighted by molar-refractivity contribution is -0.131. The molecule has 0 saturated carbocycles. The fourth-order valence-electron chi connectivity index (χ4n) is 2.97.